The second kappa shape index (κ2) is 6.02. The molecule has 1 atom stereocenters. The smallest absolute Gasteiger partial charge is 0.0854 e. The summed E-state index contributed by atoms with van der Waals surface area (Å²) in [6.45, 7) is 7.53. The zero-order valence-electron chi connectivity index (χ0n) is 11.9. The monoisotopic (exact) mass is 258 g/mol. The van der Waals surface area contributed by atoms with Crippen LogP contribution in [-0.4, -0.2) is 22.7 Å². The first kappa shape index (κ1) is 13.8. The van der Waals surface area contributed by atoms with Gasteiger partial charge < -0.3 is 10.0 Å². The third-order valence-electron chi connectivity index (χ3n) is 3.68. The van der Waals surface area contributed by atoms with E-state index in [2.05, 4.69) is 36.7 Å². The molecule has 1 N–H and O–H groups in total. The summed E-state index contributed by atoms with van der Waals surface area (Å²) in [5, 5.41) is 10.5. The fourth-order valence-corrected chi connectivity index (χ4v) is 2.47. The number of para-hydroxylation sites is 1. The number of aliphatic hydroxyl groups excluding tert-OH is 1. The average Bonchev–Trinajstić information content (AvgIpc) is 2.47. The molecule has 0 fully saturated rings. The minimum absolute atomic E-state index is 0.0180. The van der Waals surface area contributed by atoms with E-state index < -0.39 is 0 Å². The first-order valence-electron chi connectivity index (χ1n) is 6.97. The SMILES string of the molecule is CCC(C)N(CC)c1cc(CO)nc2ccccc12. The first-order chi connectivity index (χ1) is 9.21. The normalized spacial score (nSPS) is 12.6. The van der Waals surface area contributed by atoms with Crippen LogP contribution in [0.1, 0.15) is 32.9 Å². The zero-order valence-corrected chi connectivity index (χ0v) is 11.9. The van der Waals surface area contributed by atoms with Crippen LogP contribution < -0.4 is 4.90 Å². The highest BCUT2D eigenvalue weighted by molar-refractivity contribution is 5.92. The summed E-state index contributed by atoms with van der Waals surface area (Å²) >= 11 is 0. The molecular weight excluding hydrogens is 236 g/mol. The third-order valence-corrected chi connectivity index (χ3v) is 3.68. The lowest BCUT2D eigenvalue weighted by Crippen LogP contribution is -2.32. The summed E-state index contributed by atoms with van der Waals surface area (Å²) in [4.78, 5) is 6.86. The summed E-state index contributed by atoms with van der Waals surface area (Å²) in [5.41, 5.74) is 2.85. The molecule has 0 radical (unpaired) electrons. The molecule has 1 heterocycles. The van der Waals surface area contributed by atoms with Gasteiger partial charge in [0.2, 0.25) is 0 Å². The Labute approximate surface area is 114 Å². The Balaban J connectivity index is 2.62. The molecule has 0 bridgehead atoms. The quantitative estimate of drug-likeness (QED) is 0.893. The van der Waals surface area contributed by atoms with Crippen LogP contribution in [0.5, 0.6) is 0 Å². The lowest BCUT2D eigenvalue weighted by Gasteiger charge is -2.30. The van der Waals surface area contributed by atoms with Crippen LogP contribution in [0.2, 0.25) is 0 Å². The number of benzene rings is 1. The molecule has 19 heavy (non-hydrogen) atoms. The van der Waals surface area contributed by atoms with Crippen molar-refractivity contribution in [3.05, 3.63) is 36.0 Å². The van der Waals surface area contributed by atoms with Gasteiger partial charge in [0.05, 0.1) is 17.8 Å². The molecule has 0 aliphatic carbocycles. The van der Waals surface area contributed by atoms with Gasteiger partial charge in [-0.05, 0) is 32.4 Å². The largest absolute Gasteiger partial charge is 0.390 e. The molecule has 0 saturated heterocycles. The van der Waals surface area contributed by atoms with E-state index in [9.17, 15) is 5.11 Å². The van der Waals surface area contributed by atoms with Crippen molar-refractivity contribution in [1.29, 1.82) is 0 Å². The van der Waals surface area contributed by atoms with Crippen molar-refractivity contribution in [3.63, 3.8) is 0 Å². The Morgan fingerprint density at radius 2 is 2.00 bits per heavy atom. The summed E-state index contributed by atoms with van der Waals surface area (Å²) in [6, 6.07) is 10.6. The van der Waals surface area contributed by atoms with Crippen molar-refractivity contribution in [3.8, 4) is 0 Å². The van der Waals surface area contributed by atoms with E-state index in [1.807, 2.05) is 24.3 Å². The summed E-state index contributed by atoms with van der Waals surface area (Å²) in [5.74, 6) is 0. The molecule has 2 aromatic rings. The molecule has 0 aliphatic heterocycles. The number of hydrogen-bond acceptors (Lipinski definition) is 3. The Hall–Kier alpha value is -1.61. The number of anilines is 1. The van der Waals surface area contributed by atoms with E-state index in [-0.39, 0.29) is 6.61 Å². The first-order valence-corrected chi connectivity index (χ1v) is 6.97. The van der Waals surface area contributed by atoms with Gasteiger partial charge in [-0.3, -0.25) is 4.98 Å². The van der Waals surface area contributed by atoms with E-state index in [0.717, 1.165) is 29.6 Å². The van der Waals surface area contributed by atoms with Gasteiger partial charge in [0.25, 0.3) is 0 Å². The molecule has 1 aromatic carbocycles. The minimum atomic E-state index is -0.0180. The van der Waals surface area contributed by atoms with E-state index in [1.165, 1.54) is 5.69 Å². The van der Waals surface area contributed by atoms with E-state index in [0.29, 0.717) is 6.04 Å². The Morgan fingerprint density at radius 3 is 2.63 bits per heavy atom. The highest BCUT2D eigenvalue weighted by Gasteiger charge is 2.15. The van der Waals surface area contributed by atoms with Crippen molar-refractivity contribution in [2.24, 2.45) is 0 Å². The molecule has 3 nitrogen and oxygen atoms in total. The Morgan fingerprint density at radius 1 is 1.26 bits per heavy atom. The molecule has 0 aliphatic rings. The molecular formula is C16H22N2O. The third kappa shape index (κ3) is 2.71. The lowest BCUT2D eigenvalue weighted by atomic mass is 10.1. The fourth-order valence-electron chi connectivity index (χ4n) is 2.47. The molecule has 3 heteroatoms. The van der Waals surface area contributed by atoms with Crippen LogP contribution in [0, 0.1) is 0 Å². The van der Waals surface area contributed by atoms with E-state index in [4.69, 9.17) is 0 Å². The van der Waals surface area contributed by atoms with Crippen LogP contribution in [0.3, 0.4) is 0 Å². The predicted molar refractivity (Wildman–Crippen MR) is 80.4 cm³/mol. The lowest BCUT2D eigenvalue weighted by molar-refractivity contribution is 0.277. The minimum Gasteiger partial charge on any atom is -0.390 e. The number of fused-ring (bicyclic) bond motifs is 1. The highest BCUT2D eigenvalue weighted by atomic mass is 16.3. The number of aliphatic hydroxyl groups is 1. The number of rotatable bonds is 5. The van der Waals surface area contributed by atoms with Crippen molar-refractivity contribution >= 4 is 16.6 Å². The number of nitrogens with zero attached hydrogens (tertiary/aromatic N) is 2. The van der Waals surface area contributed by atoms with E-state index >= 15 is 0 Å². The molecule has 102 valence electrons. The maximum atomic E-state index is 9.39. The van der Waals surface area contributed by atoms with Gasteiger partial charge in [0.15, 0.2) is 0 Å². The summed E-state index contributed by atoms with van der Waals surface area (Å²) < 4.78 is 0. The van der Waals surface area contributed by atoms with Gasteiger partial charge in [-0.2, -0.15) is 0 Å². The van der Waals surface area contributed by atoms with Gasteiger partial charge >= 0.3 is 0 Å². The second-order valence-electron chi connectivity index (χ2n) is 4.85. The molecule has 0 saturated carbocycles. The van der Waals surface area contributed by atoms with Crippen LogP contribution in [0.4, 0.5) is 5.69 Å². The highest BCUT2D eigenvalue weighted by Crippen LogP contribution is 2.28. The average molecular weight is 258 g/mol. The van der Waals surface area contributed by atoms with Crippen molar-refractivity contribution < 1.29 is 5.11 Å². The zero-order chi connectivity index (χ0) is 13.8. The van der Waals surface area contributed by atoms with Crippen LogP contribution in [0.25, 0.3) is 10.9 Å². The molecule has 1 unspecified atom stereocenters. The molecule has 0 spiro atoms. The van der Waals surface area contributed by atoms with Crippen LogP contribution in [0.15, 0.2) is 30.3 Å². The number of hydrogen-bond donors (Lipinski definition) is 1. The number of pyridine rings is 1. The van der Waals surface area contributed by atoms with Crippen LogP contribution in [-0.2, 0) is 6.61 Å². The molecule has 0 amide bonds. The topological polar surface area (TPSA) is 36.4 Å². The van der Waals surface area contributed by atoms with Gasteiger partial charge in [-0.25, -0.2) is 0 Å². The Kier molecular flexibility index (Phi) is 4.38. The van der Waals surface area contributed by atoms with Gasteiger partial charge in [0.1, 0.15) is 0 Å². The molecule has 1 aromatic heterocycles. The van der Waals surface area contributed by atoms with Gasteiger partial charge in [0, 0.05) is 23.7 Å². The maximum Gasteiger partial charge on any atom is 0.0854 e. The number of aromatic nitrogens is 1. The molecule has 2 rings (SSSR count). The van der Waals surface area contributed by atoms with Gasteiger partial charge in [-0.15, -0.1) is 0 Å². The second-order valence-corrected chi connectivity index (χ2v) is 4.85. The van der Waals surface area contributed by atoms with Gasteiger partial charge in [-0.1, -0.05) is 25.1 Å². The van der Waals surface area contributed by atoms with Crippen LogP contribution >= 0.6 is 0 Å². The summed E-state index contributed by atoms with van der Waals surface area (Å²) in [6.07, 6.45) is 1.10. The Bertz CT molecular complexity index is 553. The van der Waals surface area contributed by atoms with Crippen molar-refractivity contribution in [2.45, 2.75) is 39.8 Å². The fraction of sp³-hybridized carbons (Fsp3) is 0.438. The van der Waals surface area contributed by atoms with Crippen molar-refractivity contribution in [2.75, 3.05) is 11.4 Å². The van der Waals surface area contributed by atoms with Crippen molar-refractivity contribution in [1.82, 2.24) is 4.98 Å². The predicted octanol–water partition coefficient (Wildman–Crippen LogP) is 3.35. The van der Waals surface area contributed by atoms with E-state index in [1.54, 1.807) is 0 Å². The maximum absolute atomic E-state index is 9.39. The summed E-state index contributed by atoms with van der Waals surface area (Å²) in [7, 11) is 0. The standard InChI is InChI=1S/C16H22N2O/c1-4-12(3)18(5-2)16-10-13(11-19)17-15-9-7-6-8-14(15)16/h6-10,12,19H,4-5,11H2,1-3H3.